The van der Waals surface area contributed by atoms with Crippen LogP contribution in [0.3, 0.4) is 0 Å². The van der Waals surface area contributed by atoms with Crippen molar-refractivity contribution in [2.45, 2.75) is 20.8 Å². The van der Waals surface area contributed by atoms with E-state index in [1.807, 2.05) is 6.07 Å². The zero-order valence-electron chi connectivity index (χ0n) is 16.4. The van der Waals surface area contributed by atoms with Crippen LogP contribution in [0.5, 0.6) is 11.5 Å². The largest absolute Gasteiger partial charge is 0.673 e. The average molecular weight is 395 g/mol. The highest BCUT2D eigenvalue weighted by atomic mass is 19.5. The number of rotatable bonds is 3. The summed E-state index contributed by atoms with van der Waals surface area (Å²) in [7, 11) is -2.63. The second-order valence-corrected chi connectivity index (χ2v) is 6.33. The van der Waals surface area contributed by atoms with Gasteiger partial charge in [-0.15, -0.1) is 0 Å². The molecule has 150 valence electrons. The van der Waals surface area contributed by atoms with Gasteiger partial charge in [-0.25, -0.2) is 0 Å². The van der Waals surface area contributed by atoms with Crippen LogP contribution in [0, 0.1) is 20.8 Å². The maximum Gasteiger partial charge on any atom is 0.673 e. The monoisotopic (exact) mass is 395 g/mol. The van der Waals surface area contributed by atoms with Gasteiger partial charge in [0.25, 0.3) is 0 Å². The molecule has 0 aliphatic rings. The molecule has 0 bridgehead atoms. The number of hydrogen-bond donors (Lipinski definition) is 0. The molecule has 2 aromatic carbocycles. The number of halogens is 4. The van der Waals surface area contributed by atoms with Gasteiger partial charge in [0.2, 0.25) is 5.69 Å². The molecule has 0 amide bonds. The predicted molar refractivity (Wildman–Crippen MR) is 103 cm³/mol. The van der Waals surface area contributed by atoms with Gasteiger partial charge in [0, 0.05) is 43.5 Å². The van der Waals surface area contributed by atoms with E-state index in [2.05, 4.69) is 61.7 Å². The lowest BCUT2D eigenvalue weighted by molar-refractivity contribution is -0.607. The number of benzene rings is 2. The summed E-state index contributed by atoms with van der Waals surface area (Å²) in [5, 5.41) is 2.24. The van der Waals surface area contributed by atoms with E-state index in [1.54, 1.807) is 14.2 Å². The number of fused-ring (bicyclic) bond motifs is 1. The van der Waals surface area contributed by atoms with Crippen LogP contribution in [0.1, 0.15) is 17.0 Å². The van der Waals surface area contributed by atoms with Gasteiger partial charge in [0.05, 0.1) is 19.6 Å². The second-order valence-electron chi connectivity index (χ2n) is 6.33. The number of nitrogens with zero attached hydrogens (tertiary/aromatic N) is 1. The van der Waals surface area contributed by atoms with E-state index < -0.39 is 7.25 Å². The molecule has 0 unspecified atom stereocenters. The third-order valence-corrected chi connectivity index (χ3v) is 4.27. The number of ether oxygens (including phenoxy) is 2. The van der Waals surface area contributed by atoms with Gasteiger partial charge < -0.3 is 26.7 Å². The number of aromatic nitrogens is 1. The molecule has 0 radical (unpaired) electrons. The van der Waals surface area contributed by atoms with Crippen molar-refractivity contribution in [1.29, 1.82) is 0 Å². The number of methoxy groups -OCH3 is 2. The number of aryl methyl sites for hydroxylation is 3. The predicted octanol–water partition coefficient (Wildman–Crippen LogP) is 5.36. The van der Waals surface area contributed by atoms with Crippen molar-refractivity contribution in [3.8, 4) is 17.2 Å². The van der Waals surface area contributed by atoms with Crippen LogP contribution >= 0.6 is 0 Å². The van der Waals surface area contributed by atoms with E-state index >= 15 is 0 Å². The molecule has 0 saturated carbocycles. The van der Waals surface area contributed by atoms with Gasteiger partial charge >= 0.3 is 7.25 Å². The summed E-state index contributed by atoms with van der Waals surface area (Å²) < 4.78 is 52.3. The Bertz CT molecular complexity index is 967. The van der Waals surface area contributed by atoms with E-state index in [1.165, 1.54) is 11.3 Å². The first kappa shape index (κ1) is 21.5. The molecule has 0 aliphatic heterocycles. The van der Waals surface area contributed by atoms with E-state index in [9.17, 15) is 17.3 Å². The van der Waals surface area contributed by atoms with E-state index in [4.69, 9.17) is 9.47 Å². The third-order valence-electron chi connectivity index (χ3n) is 4.27. The van der Waals surface area contributed by atoms with Crippen molar-refractivity contribution in [1.82, 2.24) is 0 Å². The topological polar surface area (TPSA) is 22.3 Å². The van der Waals surface area contributed by atoms with Crippen LogP contribution in [0.25, 0.3) is 16.5 Å². The van der Waals surface area contributed by atoms with Gasteiger partial charge in [-0.05, 0) is 13.0 Å². The highest BCUT2D eigenvalue weighted by Crippen LogP contribution is 2.33. The van der Waals surface area contributed by atoms with Crippen LogP contribution in [0.2, 0.25) is 0 Å². The Kier molecular flexibility index (Phi) is 6.54. The van der Waals surface area contributed by atoms with Crippen molar-refractivity contribution in [2.75, 3.05) is 14.2 Å². The van der Waals surface area contributed by atoms with Crippen molar-refractivity contribution >= 4 is 18.0 Å². The number of hydrogen-bond acceptors (Lipinski definition) is 2. The maximum atomic E-state index is 9.75. The maximum absolute atomic E-state index is 9.75. The summed E-state index contributed by atoms with van der Waals surface area (Å²) in [6.07, 6.45) is 0. The fourth-order valence-corrected chi connectivity index (χ4v) is 3.15. The van der Waals surface area contributed by atoms with Gasteiger partial charge in [-0.2, -0.15) is 4.57 Å². The van der Waals surface area contributed by atoms with Crippen LogP contribution in [0.4, 0.5) is 17.3 Å². The van der Waals surface area contributed by atoms with Gasteiger partial charge in [-0.1, -0.05) is 17.7 Å². The molecule has 1 heterocycles. The molecule has 0 fully saturated rings. The first-order valence-electron chi connectivity index (χ1n) is 8.57. The lowest BCUT2D eigenvalue weighted by Crippen LogP contribution is -2.37. The lowest BCUT2D eigenvalue weighted by atomic mass is 10.1. The van der Waals surface area contributed by atoms with Crippen molar-refractivity contribution in [3.05, 3.63) is 59.4 Å². The minimum Gasteiger partial charge on any atom is -0.497 e. The summed E-state index contributed by atoms with van der Waals surface area (Å²) in [6.45, 7) is 6.35. The lowest BCUT2D eigenvalue weighted by Gasteiger charge is -2.12. The minimum atomic E-state index is -6.00. The van der Waals surface area contributed by atoms with Gasteiger partial charge in [0.1, 0.15) is 11.5 Å². The van der Waals surface area contributed by atoms with Crippen molar-refractivity contribution in [3.63, 3.8) is 0 Å². The third kappa shape index (κ3) is 5.15. The van der Waals surface area contributed by atoms with E-state index in [0.717, 1.165) is 33.7 Å². The average Bonchev–Trinajstić information content (AvgIpc) is 2.60. The SMILES string of the molecule is COc1cc(OC)c2c(C)[n+](-c3ccc(C)cc3)c(C)cc2c1.F[B-](F)(F)F. The Morgan fingerprint density at radius 1 is 0.821 bits per heavy atom. The Hall–Kier alpha value is -2.77. The van der Waals surface area contributed by atoms with E-state index in [-0.39, 0.29) is 0 Å². The standard InChI is InChI=1S/C20H22NO2.BF4/c1-13-6-8-17(9-7-13)21-14(2)10-16-11-18(22-4)12-19(23-5)20(16)15(21)3;2-1(3,4)5/h6-12H,1-5H3;/q+1;-1. The molecule has 28 heavy (non-hydrogen) atoms. The first-order valence-corrected chi connectivity index (χ1v) is 8.57. The van der Waals surface area contributed by atoms with Crippen LogP contribution < -0.4 is 14.0 Å². The molecule has 0 spiro atoms. The summed E-state index contributed by atoms with van der Waals surface area (Å²) in [5.74, 6) is 1.64. The van der Waals surface area contributed by atoms with Crippen LogP contribution in [-0.2, 0) is 0 Å². The van der Waals surface area contributed by atoms with Gasteiger partial charge in [0.15, 0.2) is 11.4 Å². The minimum absolute atomic E-state index is 0.807. The summed E-state index contributed by atoms with van der Waals surface area (Å²) in [4.78, 5) is 0. The van der Waals surface area contributed by atoms with Gasteiger partial charge in [-0.3, -0.25) is 0 Å². The molecule has 8 heteroatoms. The Balaban J connectivity index is 0.000000500. The molecule has 1 aromatic heterocycles. The fourth-order valence-electron chi connectivity index (χ4n) is 3.15. The van der Waals surface area contributed by atoms with Crippen molar-refractivity contribution < 1.29 is 31.3 Å². The first-order chi connectivity index (χ1) is 13.0. The zero-order valence-corrected chi connectivity index (χ0v) is 16.4. The molecule has 0 saturated heterocycles. The molecular formula is C20H22BF4NO2. The van der Waals surface area contributed by atoms with Crippen LogP contribution in [-0.4, -0.2) is 21.5 Å². The summed E-state index contributed by atoms with van der Waals surface area (Å²) in [6, 6.07) is 14.7. The molecule has 0 atom stereocenters. The Labute approximate surface area is 161 Å². The summed E-state index contributed by atoms with van der Waals surface area (Å²) in [5.41, 5.74) is 4.75. The molecule has 0 N–H and O–H groups in total. The Morgan fingerprint density at radius 3 is 1.89 bits per heavy atom. The molecule has 3 nitrogen and oxygen atoms in total. The second kappa shape index (κ2) is 8.50. The van der Waals surface area contributed by atoms with E-state index in [0.29, 0.717) is 0 Å². The van der Waals surface area contributed by atoms with Crippen molar-refractivity contribution in [2.24, 2.45) is 0 Å². The molecule has 0 aliphatic carbocycles. The highest BCUT2D eigenvalue weighted by molar-refractivity contribution is 6.50. The Morgan fingerprint density at radius 2 is 1.39 bits per heavy atom. The van der Waals surface area contributed by atoms with Crippen LogP contribution in [0.15, 0.2) is 42.5 Å². The zero-order chi connectivity index (χ0) is 21.1. The molecule has 3 rings (SSSR count). The normalized spacial score (nSPS) is 11.0. The molecule has 3 aromatic rings. The highest BCUT2D eigenvalue weighted by Gasteiger charge is 2.21. The number of pyridine rings is 1. The quantitative estimate of drug-likeness (QED) is 0.339. The fraction of sp³-hybridized carbons (Fsp3) is 0.250. The molecular weight excluding hydrogens is 373 g/mol. The summed E-state index contributed by atoms with van der Waals surface area (Å²) >= 11 is 0. The smallest absolute Gasteiger partial charge is 0.497 e.